The lowest BCUT2D eigenvalue weighted by Gasteiger charge is -2.35. The minimum absolute atomic E-state index is 0.0521. The van der Waals surface area contributed by atoms with Crippen molar-refractivity contribution in [2.45, 2.75) is 17.0 Å². The van der Waals surface area contributed by atoms with Crippen molar-refractivity contribution in [3.05, 3.63) is 60.2 Å². The Morgan fingerprint density at radius 2 is 1.82 bits per heavy atom. The van der Waals surface area contributed by atoms with E-state index in [1.54, 1.807) is 24.5 Å². The molecule has 0 amide bonds. The average molecular weight is 410 g/mol. The lowest BCUT2D eigenvalue weighted by Crippen LogP contribution is -2.48. The van der Waals surface area contributed by atoms with Gasteiger partial charge in [0.25, 0.3) is 0 Å². The van der Waals surface area contributed by atoms with Crippen LogP contribution in [-0.2, 0) is 16.2 Å². The Bertz CT molecular complexity index is 1090. The zero-order chi connectivity index (χ0) is 19.9. The summed E-state index contributed by atoms with van der Waals surface area (Å²) in [4.78, 5) is 7.76. The Hall–Kier alpha value is -2.79. The minimum Gasteiger partial charge on any atom is -0.339 e. The van der Waals surface area contributed by atoms with Gasteiger partial charge in [0.2, 0.25) is 21.7 Å². The number of alkyl halides is 3. The molecule has 3 heterocycles. The van der Waals surface area contributed by atoms with Crippen LogP contribution in [0.2, 0.25) is 0 Å². The van der Waals surface area contributed by atoms with Gasteiger partial charge in [0.05, 0.1) is 16.4 Å². The van der Waals surface area contributed by atoms with E-state index in [9.17, 15) is 21.6 Å². The van der Waals surface area contributed by atoms with E-state index >= 15 is 0 Å². The van der Waals surface area contributed by atoms with Crippen molar-refractivity contribution in [3.8, 4) is 11.4 Å². The molecule has 1 saturated heterocycles. The van der Waals surface area contributed by atoms with Crippen LogP contribution >= 0.6 is 0 Å². The van der Waals surface area contributed by atoms with E-state index in [4.69, 9.17) is 4.52 Å². The first-order chi connectivity index (χ1) is 13.2. The molecule has 0 N–H and O–H groups in total. The van der Waals surface area contributed by atoms with Gasteiger partial charge in [0, 0.05) is 31.0 Å². The second-order valence-corrected chi connectivity index (χ2v) is 8.17. The van der Waals surface area contributed by atoms with Crippen molar-refractivity contribution in [1.82, 2.24) is 19.4 Å². The SMILES string of the molecule is O=S(=O)(c1cccc(C(F)(F)F)c1)N1CC(c2nc(-c3ccncc3)no2)C1. The van der Waals surface area contributed by atoms with Crippen molar-refractivity contribution in [1.29, 1.82) is 0 Å². The third-order valence-corrected chi connectivity index (χ3v) is 6.20. The number of hydrogen-bond acceptors (Lipinski definition) is 6. The predicted molar refractivity (Wildman–Crippen MR) is 90.5 cm³/mol. The van der Waals surface area contributed by atoms with Crippen LogP contribution in [0.5, 0.6) is 0 Å². The molecule has 1 aliphatic rings. The highest BCUT2D eigenvalue weighted by molar-refractivity contribution is 7.89. The normalized spacial score (nSPS) is 16.1. The smallest absolute Gasteiger partial charge is 0.339 e. The van der Waals surface area contributed by atoms with Crippen LogP contribution in [0, 0.1) is 0 Å². The molecule has 0 bridgehead atoms. The maximum absolute atomic E-state index is 12.8. The summed E-state index contributed by atoms with van der Waals surface area (Å²) in [6.45, 7) is 0.104. The van der Waals surface area contributed by atoms with Crippen LogP contribution in [0.3, 0.4) is 0 Å². The molecule has 1 aliphatic heterocycles. The van der Waals surface area contributed by atoms with Crippen LogP contribution in [0.1, 0.15) is 17.4 Å². The Balaban J connectivity index is 1.49. The molecule has 4 rings (SSSR count). The van der Waals surface area contributed by atoms with E-state index in [1.165, 1.54) is 0 Å². The number of aromatic nitrogens is 3. The van der Waals surface area contributed by atoms with Crippen molar-refractivity contribution in [3.63, 3.8) is 0 Å². The summed E-state index contributed by atoms with van der Waals surface area (Å²) in [5.74, 6) is 0.322. The van der Waals surface area contributed by atoms with E-state index in [-0.39, 0.29) is 24.9 Å². The Morgan fingerprint density at radius 3 is 2.50 bits per heavy atom. The van der Waals surface area contributed by atoms with Gasteiger partial charge in [-0.1, -0.05) is 11.2 Å². The zero-order valence-corrected chi connectivity index (χ0v) is 15.0. The highest BCUT2D eigenvalue weighted by Gasteiger charge is 2.41. The van der Waals surface area contributed by atoms with Gasteiger partial charge < -0.3 is 4.52 Å². The lowest BCUT2D eigenvalue weighted by molar-refractivity contribution is -0.137. The molecule has 1 fully saturated rings. The van der Waals surface area contributed by atoms with Gasteiger partial charge >= 0.3 is 6.18 Å². The third kappa shape index (κ3) is 3.38. The standard InChI is InChI=1S/C17H13F3N4O3S/c18-17(19,20)13-2-1-3-14(8-13)28(25,26)24-9-12(10-24)16-22-15(23-27-16)11-4-6-21-7-5-11/h1-8,12H,9-10H2. The topological polar surface area (TPSA) is 89.2 Å². The molecule has 146 valence electrons. The summed E-state index contributed by atoms with van der Waals surface area (Å²) in [7, 11) is -4.04. The second-order valence-electron chi connectivity index (χ2n) is 6.24. The van der Waals surface area contributed by atoms with Gasteiger partial charge in [-0.15, -0.1) is 0 Å². The molecule has 0 unspecified atom stereocenters. The summed E-state index contributed by atoms with van der Waals surface area (Å²) < 4.78 is 70.0. The molecule has 3 aromatic rings. The predicted octanol–water partition coefficient (Wildman–Crippen LogP) is 2.94. The van der Waals surface area contributed by atoms with Gasteiger partial charge in [-0.05, 0) is 30.3 Å². The molecule has 7 nitrogen and oxygen atoms in total. The molecule has 0 atom stereocenters. The fourth-order valence-electron chi connectivity index (χ4n) is 2.79. The number of pyridine rings is 1. The number of hydrogen-bond donors (Lipinski definition) is 0. The zero-order valence-electron chi connectivity index (χ0n) is 14.2. The molecule has 0 radical (unpaired) electrons. The first-order valence-corrected chi connectivity index (χ1v) is 9.60. The van der Waals surface area contributed by atoms with E-state index in [0.717, 1.165) is 22.5 Å². The lowest BCUT2D eigenvalue weighted by atomic mass is 10.0. The minimum atomic E-state index is -4.61. The summed E-state index contributed by atoms with van der Waals surface area (Å²) in [5.41, 5.74) is -0.303. The van der Waals surface area contributed by atoms with Crippen LogP contribution in [0.4, 0.5) is 13.2 Å². The van der Waals surface area contributed by atoms with Crippen molar-refractivity contribution >= 4 is 10.0 Å². The van der Waals surface area contributed by atoms with Crippen LogP contribution in [-0.4, -0.2) is 40.9 Å². The molecular weight excluding hydrogens is 397 g/mol. The maximum atomic E-state index is 12.8. The fraction of sp³-hybridized carbons (Fsp3) is 0.235. The molecule has 0 saturated carbocycles. The molecule has 1 aromatic carbocycles. The highest BCUT2D eigenvalue weighted by Crippen LogP contribution is 2.34. The van der Waals surface area contributed by atoms with Crippen LogP contribution in [0.25, 0.3) is 11.4 Å². The van der Waals surface area contributed by atoms with Gasteiger partial charge in [0.15, 0.2) is 0 Å². The third-order valence-electron chi connectivity index (χ3n) is 4.38. The molecule has 11 heteroatoms. The van der Waals surface area contributed by atoms with Gasteiger partial charge in [-0.25, -0.2) is 8.42 Å². The number of benzene rings is 1. The van der Waals surface area contributed by atoms with E-state index in [0.29, 0.717) is 17.5 Å². The number of halogens is 3. The average Bonchev–Trinajstić information content (AvgIpc) is 3.10. The molecule has 28 heavy (non-hydrogen) atoms. The van der Waals surface area contributed by atoms with Crippen LogP contribution in [0.15, 0.2) is 58.2 Å². The largest absolute Gasteiger partial charge is 0.416 e. The molecule has 0 aliphatic carbocycles. The van der Waals surface area contributed by atoms with Gasteiger partial charge in [-0.2, -0.15) is 22.5 Å². The van der Waals surface area contributed by atoms with E-state index in [2.05, 4.69) is 15.1 Å². The summed E-state index contributed by atoms with van der Waals surface area (Å²) >= 11 is 0. The monoisotopic (exact) mass is 410 g/mol. The number of sulfonamides is 1. The van der Waals surface area contributed by atoms with Crippen molar-refractivity contribution < 1.29 is 26.1 Å². The Morgan fingerprint density at radius 1 is 1.11 bits per heavy atom. The Labute approximate surface area is 157 Å². The first-order valence-electron chi connectivity index (χ1n) is 8.16. The second kappa shape index (κ2) is 6.67. The number of rotatable bonds is 4. The molecule has 2 aromatic heterocycles. The Kier molecular flexibility index (Phi) is 4.42. The van der Waals surface area contributed by atoms with Gasteiger partial charge in [-0.3, -0.25) is 4.98 Å². The quantitative estimate of drug-likeness (QED) is 0.657. The summed E-state index contributed by atoms with van der Waals surface area (Å²) in [5, 5.41) is 3.87. The maximum Gasteiger partial charge on any atom is 0.416 e. The van der Waals surface area contributed by atoms with E-state index < -0.39 is 26.7 Å². The summed E-state index contributed by atoms with van der Waals surface area (Å²) in [6, 6.07) is 7.10. The van der Waals surface area contributed by atoms with E-state index in [1.807, 2.05) is 0 Å². The summed E-state index contributed by atoms with van der Waals surface area (Å²) in [6.07, 6.45) is -1.45. The van der Waals surface area contributed by atoms with Gasteiger partial charge in [0.1, 0.15) is 0 Å². The highest BCUT2D eigenvalue weighted by atomic mass is 32.2. The molecule has 0 spiro atoms. The number of nitrogens with zero attached hydrogens (tertiary/aromatic N) is 4. The first kappa shape index (κ1) is 18.6. The van der Waals surface area contributed by atoms with Crippen molar-refractivity contribution in [2.75, 3.05) is 13.1 Å². The van der Waals surface area contributed by atoms with Crippen molar-refractivity contribution in [2.24, 2.45) is 0 Å². The van der Waals surface area contributed by atoms with Crippen LogP contribution < -0.4 is 0 Å². The molecular formula is C17H13F3N4O3S. The fourth-order valence-corrected chi connectivity index (χ4v) is 4.37.